The highest BCUT2D eigenvalue weighted by atomic mass is 16.4. The first-order chi connectivity index (χ1) is 9.68. The maximum atomic E-state index is 12.6. The minimum atomic E-state index is -0.871. The molecule has 1 aromatic rings. The fourth-order valence-corrected chi connectivity index (χ4v) is 3.08. The van der Waals surface area contributed by atoms with Gasteiger partial charge in [0.1, 0.15) is 5.92 Å². The molecule has 0 saturated carbocycles. The number of amides is 1. The molecule has 0 radical (unpaired) electrons. The van der Waals surface area contributed by atoms with Crippen LogP contribution in [-0.2, 0) is 9.59 Å². The number of hydrogen-bond donors (Lipinski definition) is 2. The van der Waals surface area contributed by atoms with E-state index in [1.54, 1.807) is 11.0 Å². The Morgan fingerprint density at radius 1 is 1.25 bits per heavy atom. The molecule has 3 rings (SSSR count). The van der Waals surface area contributed by atoms with Crippen molar-refractivity contribution >= 4 is 17.6 Å². The molecule has 0 spiro atoms. The first-order valence-electron chi connectivity index (χ1n) is 7.05. The third kappa shape index (κ3) is 2.18. The van der Waals surface area contributed by atoms with Crippen LogP contribution in [0.2, 0.25) is 0 Å². The van der Waals surface area contributed by atoms with Gasteiger partial charge in [0, 0.05) is 12.2 Å². The summed E-state index contributed by atoms with van der Waals surface area (Å²) in [6.07, 6.45) is 2.97. The van der Waals surface area contributed by atoms with Gasteiger partial charge in [0.2, 0.25) is 5.91 Å². The van der Waals surface area contributed by atoms with Crippen molar-refractivity contribution in [1.29, 1.82) is 0 Å². The largest absolute Gasteiger partial charge is 0.481 e. The molecular weight excluding hydrogens is 256 g/mol. The molecule has 1 saturated heterocycles. The highest BCUT2D eigenvalue weighted by Crippen LogP contribution is 2.36. The number of carboxylic acids is 1. The van der Waals surface area contributed by atoms with Gasteiger partial charge in [0.25, 0.3) is 0 Å². The number of carbonyl (C=O) groups excluding carboxylic acids is 1. The predicted molar refractivity (Wildman–Crippen MR) is 74.8 cm³/mol. The van der Waals surface area contributed by atoms with Crippen molar-refractivity contribution in [3.8, 4) is 0 Å². The van der Waals surface area contributed by atoms with Gasteiger partial charge < -0.3 is 15.3 Å². The van der Waals surface area contributed by atoms with Gasteiger partial charge in [-0.15, -0.1) is 0 Å². The smallest absolute Gasteiger partial charge is 0.312 e. The summed E-state index contributed by atoms with van der Waals surface area (Å²) in [5.74, 6) is -1.48. The number of fused-ring (bicyclic) bond motifs is 1. The number of carboxylic acid groups (broad SMARTS) is 1. The minimum Gasteiger partial charge on any atom is -0.481 e. The fourth-order valence-electron chi connectivity index (χ4n) is 3.08. The summed E-state index contributed by atoms with van der Waals surface area (Å²) in [5, 5.41) is 12.5. The van der Waals surface area contributed by atoms with Crippen LogP contribution in [0, 0.1) is 0 Å². The number of carbonyl (C=O) groups is 2. The van der Waals surface area contributed by atoms with Crippen LogP contribution in [0.4, 0.5) is 5.69 Å². The van der Waals surface area contributed by atoms with Crippen LogP contribution >= 0.6 is 0 Å². The van der Waals surface area contributed by atoms with Crippen molar-refractivity contribution in [3.05, 3.63) is 29.8 Å². The molecule has 106 valence electrons. The van der Waals surface area contributed by atoms with E-state index in [0.717, 1.165) is 37.1 Å². The number of benzene rings is 1. The number of nitrogens with zero attached hydrogens (tertiary/aromatic N) is 1. The molecule has 1 amide bonds. The van der Waals surface area contributed by atoms with E-state index in [1.165, 1.54) is 0 Å². The zero-order valence-corrected chi connectivity index (χ0v) is 11.2. The van der Waals surface area contributed by atoms with Gasteiger partial charge in [-0.05, 0) is 31.0 Å². The average molecular weight is 274 g/mol. The van der Waals surface area contributed by atoms with Crippen LogP contribution in [0.3, 0.4) is 0 Å². The predicted octanol–water partition coefficient (Wildman–Crippen LogP) is 1.34. The first-order valence-corrected chi connectivity index (χ1v) is 7.05. The Labute approximate surface area is 117 Å². The molecule has 5 nitrogen and oxygen atoms in total. The van der Waals surface area contributed by atoms with Crippen LogP contribution in [0.25, 0.3) is 0 Å². The summed E-state index contributed by atoms with van der Waals surface area (Å²) in [7, 11) is 0. The standard InChI is InChI=1S/C15H18N2O3/c18-14(12-6-3-4-8-16-12)17-9-11(15(19)20)10-5-1-2-7-13(10)17/h1-2,5,7,11-12,16H,3-4,6,8-9H2,(H,19,20)/t11?,12-/m0/s1. The van der Waals surface area contributed by atoms with Crippen LogP contribution in [0.5, 0.6) is 0 Å². The molecule has 0 aromatic heterocycles. The Bertz CT molecular complexity index is 538. The Morgan fingerprint density at radius 3 is 2.75 bits per heavy atom. The summed E-state index contributed by atoms with van der Waals surface area (Å²) in [4.78, 5) is 25.6. The van der Waals surface area contributed by atoms with E-state index in [4.69, 9.17) is 0 Å². The Hall–Kier alpha value is -1.88. The van der Waals surface area contributed by atoms with Crippen molar-refractivity contribution in [2.24, 2.45) is 0 Å². The second kappa shape index (κ2) is 5.25. The summed E-state index contributed by atoms with van der Waals surface area (Å²) >= 11 is 0. The topological polar surface area (TPSA) is 69.6 Å². The molecule has 2 atom stereocenters. The van der Waals surface area contributed by atoms with Crippen molar-refractivity contribution < 1.29 is 14.7 Å². The van der Waals surface area contributed by atoms with Gasteiger partial charge in [-0.25, -0.2) is 0 Å². The molecule has 2 heterocycles. The van der Waals surface area contributed by atoms with E-state index in [0.29, 0.717) is 0 Å². The molecule has 0 aliphatic carbocycles. The molecule has 2 aliphatic rings. The number of aliphatic carboxylic acids is 1. The second-order valence-electron chi connectivity index (χ2n) is 5.40. The van der Waals surface area contributed by atoms with E-state index in [1.807, 2.05) is 18.2 Å². The quantitative estimate of drug-likeness (QED) is 0.854. The van der Waals surface area contributed by atoms with Crippen molar-refractivity contribution in [3.63, 3.8) is 0 Å². The van der Waals surface area contributed by atoms with Crippen molar-refractivity contribution in [1.82, 2.24) is 5.32 Å². The van der Waals surface area contributed by atoms with Crippen LogP contribution in [-0.4, -0.2) is 36.1 Å². The summed E-state index contributed by atoms with van der Waals surface area (Å²) < 4.78 is 0. The molecule has 1 aromatic carbocycles. The van der Waals surface area contributed by atoms with Crippen LogP contribution in [0.15, 0.2) is 24.3 Å². The SMILES string of the molecule is O=C(O)C1CN(C(=O)[C@@H]2CCCCN2)c2ccccc21. The van der Waals surface area contributed by atoms with E-state index in [2.05, 4.69) is 5.32 Å². The van der Waals surface area contributed by atoms with E-state index in [9.17, 15) is 14.7 Å². The number of hydrogen-bond acceptors (Lipinski definition) is 3. The Balaban J connectivity index is 1.87. The van der Waals surface area contributed by atoms with Gasteiger partial charge in [-0.1, -0.05) is 24.6 Å². The molecule has 0 bridgehead atoms. The highest BCUT2D eigenvalue weighted by Gasteiger charge is 2.38. The average Bonchev–Trinajstić information content (AvgIpc) is 2.87. The third-order valence-corrected chi connectivity index (χ3v) is 4.14. The first kappa shape index (κ1) is 13.1. The lowest BCUT2D eigenvalue weighted by Crippen LogP contribution is -2.48. The van der Waals surface area contributed by atoms with Gasteiger partial charge >= 0.3 is 5.97 Å². The number of piperidine rings is 1. The summed E-state index contributed by atoms with van der Waals surface area (Å²) in [6, 6.07) is 7.12. The normalized spacial score (nSPS) is 25.3. The summed E-state index contributed by atoms with van der Waals surface area (Å²) in [5.41, 5.74) is 1.49. The summed E-state index contributed by atoms with van der Waals surface area (Å²) in [6.45, 7) is 1.10. The minimum absolute atomic E-state index is 0.000833. The second-order valence-corrected chi connectivity index (χ2v) is 5.40. The molecule has 2 N–H and O–H groups in total. The highest BCUT2D eigenvalue weighted by molar-refractivity contribution is 6.01. The number of anilines is 1. The Kier molecular flexibility index (Phi) is 3.44. The maximum Gasteiger partial charge on any atom is 0.312 e. The van der Waals surface area contributed by atoms with Gasteiger partial charge in [-0.2, -0.15) is 0 Å². The van der Waals surface area contributed by atoms with Gasteiger partial charge in [-0.3, -0.25) is 9.59 Å². The lowest BCUT2D eigenvalue weighted by molar-refractivity contribution is -0.138. The molecular formula is C15H18N2O3. The zero-order valence-electron chi connectivity index (χ0n) is 11.2. The third-order valence-electron chi connectivity index (χ3n) is 4.14. The molecule has 1 fully saturated rings. The number of rotatable bonds is 2. The van der Waals surface area contributed by atoms with E-state index in [-0.39, 0.29) is 18.5 Å². The molecule has 2 aliphatic heterocycles. The lowest BCUT2D eigenvalue weighted by Gasteiger charge is -2.27. The Morgan fingerprint density at radius 2 is 2.05 bits per heavy atom. The number of para-hydroxylation sites is 1. The van der Waals surface area contributed by atoms with E-state index < -0.39 is 11.9 Å². The maximum absolute atomic E-state index is 12.6. The lowest BCUT2D eigenvalue weighted by atomic mass is 10.0. The van der Waals surface area contributed by atoms with Crippen LogP contribution < -0.4 is 10.2 Å². The molecule has 5 heteroatoms. The fraction of sp³-hybridized carbons (Fsp3) is 0.467. The van der Waals surface area contributed by atoms with Crippen LogP contribution in [0.1, 0.15) is 30.7 Å². The molecule has 20 heavy (non-hydrogen) atoms. The van der Waals surface area contributed by atoms with Gasteiger partial charge in [0.15, 0.2) is 0 Å². The monoisotopic (exact) mass is 274 g/mol. The van der Waals surface area contributed by atoms with E-state index >= 15 is 0 Å². The van der Waals surface area contributed by atoms with Gasteiger partial charge in [0.05, 0.1) is 6.04 Å². The van der Waals surface area contributed by atoms with Crippen molar-refractivity contribution in [2.75, 3.05) is 18.0 Å². The molecule has 1 unspecified atom stereocenters. The number of nitrogens with one attached hydrogen (secondary N) is 1. The van der Waals surface area contributed by atoms with Crippen molar-refractivity contribution in [2.45, 2.75) is 31.2 Å². The zero-order chi connectivity index (χ0) is 14.1.